The van der Waals surface area contributed by atoms with E-state index in [9.17, 15) is 16.8 Å². The van der Waals surface area contributed by atoms with Gasteiger partial charge in [-0.15, -0.1) is 0 Å². The molecular weight excluding hydrogens is 396 g/mol. The lowest BCUT2D eigenvalue weighted by molar-refractivity contribution is 0.397. The van der Waals surface area contributed by atoms with E-state index in [1.54, 1.807) is 19.1 Å². The SMILES string of the molecule is Cc1c(C)c(C)c(S(=O)(=O)N(C)[C@H](C)c2ccc(S(N)(=O)=O)cc2)c(C)c1C. The Hall–Kier alpha value is -1.74. The highest BCUT2D eigenvalue weighted by molar-refractivity contribution is 7.89. The van der Waals surface area contributed by atoms with E-state index >= 15 is 0 Å². The molecule has 0 aliphatic rings. The molecule has 154 valence electrons. The maximum absolute atomic E-state index is 13.4. The van der Waals surface area contributed by atoms with Crippen LogP contribution in [0.5, 0.6) is 0 Å². The van der Waals surface area contributed by atoms with Gasteiger partial charge in [0.05, 0.1) is 9.79 Å². The van der Waals surface area contributed by atoms with Crippen LogP contribution in [-0.2, 0) is 20.0 Å². The van der Waals surface area contributed by atoms with Gasteiger partial charge >= 0.3 is 0 Å². The normalized spacial score (nSPS) is 13.8. The average Bonchev–Trinajstić information content (AvgIpc) is 2.62. The van der Waals surface area contributed by atoms with Gasteiger partial charge < -0.3 is 0 Å². The van der Waals surface area contributed by atoms with Gasteiger partial charge in [-0.3, -0.25) is 0 Å². The fraction of sp³-hybridized carbons (Fsp3) is 0.400. The van der Waals surface area contributed by atoms with E-state index in [1.807, 2.05) is 34.6 Å². The molecule has 0 fully saturated rings. The van der Waals surface area contributed by atoms with Crippen molar-refractivity contribution in [2.45, 2.75) is 57.4 Å². The molecule has 6 nitrogen and oxygen atoms in total. The van der Waals surface area contributed by atoms with E-state index < -0.39 is 26.1 Å². The Morgan fingerprint density at radius 1 is 0.786 bits per heavy atom. The van der Waals surface area contributed by atoms with Crippen molar-refractivity contribution >= 4 is 20.0 Å². The van der Waals surface area contributed by atoms with Gasteiger partial charge in [-0.25, -0.2) is 22.0 Å². The maximum atomic E-state index is 13.4. The lowest BCUT2D eigenvalue weighted by Gasteiger charge is -2.28. The first-order valence-electron chi connectivity index (χ1n) is 8.89. The third kappa shape index (κ3) is 3.87. The molecule has 28 heavy (non-hydrogen) atoms. The molecule has 2 aromatic rings. The Balaban J connectivity index is 2.53. The molecular formula is C20H28N2O4S2. The van der Waals surface area contributed by atoms with Crippen LogP contribution in [0, 0.1) is 34.6 Å². The molecule has 0 saturated heterocycles. The Morgan fingerprint density at radius 3 is 1.57 bits per heavy atom. The van der Waals surface area contributed by atoms with Crippen LogP contribution in [0.2, 0.25) is 0 Å². The highest BCUT2D eigenvalue weighted by Crippen LogP contribution is 2.34. The van der Waals surface area contributed by atoms with Gasteiger partial charge in [0.1, 0.15) is 0 Å². The predicted octanol–water partition coefficient (Wildman–Crippen LogP) is 3.26. The third-order valence-electron chi connectivity index (χ3n) is 5.80. The standard InChI is InChI=1S/C20H28N2O4S2/c1-12-13(2)15(4)20(16(5)14(12)3)28(25,26)22(7)17(6)18-8-10-19(11-9-18)27(21,23)24/h8-11,17H,1-7H3,(H2,21,23,24)/t17-/m1/s1. The number of nitrogens with two attached hydrogens (primary N) is 1. The maximum Gasteiger partial charge on any atom is 0.243 e. The highest BCUT2D eigenvalue weighted by Gasteiger charge is 2.31. The number of benzene rings is 2. The Kier molecular flexibility index (Phi) is 6.11. The molecule has 2 N–H and O–H groups in total. The summed E-state index contributed by atoms with van der Waals surface area (Å²) < 4.78 is 51.1. The minimum Gasteiger partial charge on any atom is -0.225 e. The zero-order valence-electron chi connectivity index (χ0n) is 17.4. The van der Waals surface area contributed by atoms with Gasteiger partial charge in [-0.1, -0.05) is 12.1 Å². The van der Waals surface area contributed by atoms with Crippen LogP contribution >= 0.6 is 0 Å². The second-order valence-corrected chi connectivity index (χ2v) is 10.8. The van der Waals surface area contributed by atoms with E-state index in [1.165, 1.54) is 23.5 Å². The number of hydrogen-bond acceptors (Lipinski definition) is 4. The summed E-state index contributed by atoms with van der Waals surface area (Å²) in [6.45, 7) is 11.3. The Morgan fingerprint density at radius 2 is 1.18 bits per heavy atom. The summed E-state index contributed by atoms with van der Waals surface area (Å²) in [5.74, 6) is 0. The molecule has 8 heteroatoms. The van der Waals surface area contributed by atoms with Crippen LogP contribution in [-0.4, -0.2) is 28.2 Å². The van der Waals surface area contributed by atoms with E-state index in [0.29, 0.717) is 10.5 Å². The summed E-state index contributed by atoms with van der Waals surface area (Å²) in [4.78, 5) is 0.328. The smallest absolute Gasteiger partial charge is 0.225 e. The second kappa shape index (κ2) is 7.59. The lowest BCUT2D eigenvalue weighted by Crippen LogP contribution is -2.31. The van der Waals surface area contributed by atoms with Crippen molar-refractivity contribution in [1.82, 2.24) is 4.31 Å². The van der Waals surface area contributed by atoms with Crippen molar-refractivity contribution in [2.24, 2.45) is 5.14 Å². The van der Waals surface area contributed by atoms with Crippen LogP contribution in [0.15, 0.2) is 34.1 Å². The van der Waals surface area contributed by atoms with Gasteiger partial charge in [-0.05, 0) is 87.1 Å². The Bertz CT molecular complexity index is 1090. The number of sulfonamides is 2. The van der Waals surface area contributed by atoms with Crippen molar-refractivity contribution < 1.29 is 16.8 Å². The minimum absolute atomic E-state index is 0.00886. The van der Waals surface area contributed by atoms with Crippen molar-refractivity contribution in [2.75, 3.05) is 7.05 Å². The molecule has 0 radical (unpaired) electrons. The van der Waals surface area contributed by atoms with E-state index in [-0.39, 0.29) is 4.90 Å². The fourth-order valence-electron chi connectivity index (χ4n) is 3.35. The molecule has 0 aromatic heterocycles. The van der Waals surface area contributed by atoms with Crippen molar-refractivity contribution in [3.8, 4) is 0 Å². The van der Waals surface area contributed by atoms with Gasteiger partial charge in [0.25, 0.3) is 0 Å². The molecule has 2 aromatic carbocycles. The van der Waals surface area contributed by atoms with Gasteiger partial charge in [0, 0.05) is 13.1 Å². The molecule has 0 aliphatic carbocycles. The topological polar surface area (TPSA) is 97.5 Å². The first-order valence-corrected chi connectivity index (χ1v) is 11.9. The number of primary sulfonamides is 1. The predicted molar refractivity (Wildman–Crippen MR) is 111 cm³/mol. The molecule has 0 saturated carbocycles. The summed E-state index contributed by atoms with van der Waals surface area (Å²) in [5.41, 5.74) is 5.23. The highest BCUT2D eigenvalue weighted by atomic mass is 32.2. The molecule has 0 aliphatic heterocycles. The Labute approximate surface area is 168 Å². The molecule has 1 atom stereocenters. The molecule has 0 amide bonds. The van der Waals surface area contributed by atoms with Crippen LogP contribution in [0.3, 0.4) is 0 Å². The molecule has 0 spiro atoms. The first kappa shape index (κ1) is 22.5. The van der Waals surface area contributed by atoms with Crippen molar-refractivity contribution in [3.05, 3.63) is 57.6 Å². The lowest BCUT2D eigenvalue weighted by atomic mass is 9.95. The first-order chi connectivity index (χ1) is 12.7. The summed E-state index contributed by atoms with van der Waals surface area (Å²) in [6.07, 6.45) is 0. The van der Waals surface area contributed by atoms with E-state index in [2.05, 4.69) is 0 Å². The number of rotatable bonds is 5. The number of nitrogens with zero attached hydrogens (tertiary/aromatic N) is 1. The second-order valence-electron chi connectivity index (χ2n) is 7.27. The molecule has 0 bridgehead atoms. The van der Waals surface area contributed by atoms with Crippen LogP contribution in [0.25, 0.3) is 0 Å². The van der Waals surface area contributed by atoms with Crippen molar-refractivity contribution in [1.29, 1.82) is 0 Å². The van der Waals surface area contributed by atoms with Gasteiger partial charge in [-0.2, -0.15) is 4.31 Å². The largest absolute Gasteiger partial charge is 0.243 e. The summed E-state index contributed by atoms with van der Waals surface area (Å²) in [7, 11) is -6.01. The van der Waals surface area contributed by atoms with Crippen LogP contribution in [0.4, 0.5) is 0 Å². The minimum atomic E-state index is -3.79. The van der Waals surface area contributed by atoms with Crippen LogP contribution < -0.4 is 5.14 Å². The monoisotopic (exact) mass is 424 g/mol. The van der Waals surface area contributed by atoms with Crippen LogP contribution in [0.1, 0.15) is 46.3 Å². The molecule has 2 rings (SSSR count). The van der Waals surface area contributed by atoms with Gasteiger partial charge in [0.2, 0.25) is 20.0 Å². The zero-order valence-corrected chi connectivity index (χ0v) is 19.0. The van der Waals surface area contributed by atoms with E-state index in [4.69, 9.17) is 5.14 Å². The zero-order chi connectivity index (χ0) is 21.6. The quantitative estimate of drug-likeness (QED) is 0.796. The fourth-order valence-corrected chi connectivity index (χ4v) is 5.77. The van der Waals surface area contributed by atoms with Gasteiger partial charge in [0.15, 0.2) is 0 Å². The van der Waals surface area contributed by atoms with E-state index in [0.717, 1.165) is 27.8 Å². The summed E-state index contributed by atoms with van der Waals surface area (Å²) in [5, 5.41) is 5.13. The average molecular weight is 425 g/mol. The summed E-state index contributed by atoms with van der Waals surface area (Å²) in [6, 6.07) is 5.46. The number of hydrogen-bond donors (Lipinski definition) is 1. The molecule has 0 unspecified atom stereocenters. The van der Waals surface area contributed by atoms with Crippen molar-refractivity contribution in [3.63, 3.8) is 0 Å². The third-order valence-corrected chi connectivity index (χ3v) is 8.94. The molecule has 0 heterocycles. The summed E-state index contributed by atoms with van der Waals surface area (Å²) >= 11 is 0.